The van der Waals surface area contributed by atoms with E-state index in [1.807, 2.05) is 54.7 Å². The lowest BCUT2D eigenvalue weighted by Crippen LogP contribution is -2.11. The molecule has 0 saturated heterocycles. The number of para-hydroxylation sites is 2. The third-order valence-corrected chi connectivity index (χ3v) is 3.36. The molecular formula is C16H16N2O. The number of hydrogen-bond acceptors (Lipinski definition) is 2. The van der Waals surface area contributed by atoms with E-state index in [1.54, 1.807) is 0 Å². The highest BCUT2D eigenvalue weighted by Crippen LogP contribution is 2.28. The Bertz CT molecular complexity index is 688. The van der Waals surface area contributed by atoms with Crippen molar-refractivity contribution in [3.05, 3.63) is 66.4 Å². The number of fused-ring (bicyclic) bond motifs is 1. The zero-order valence-corrected chi connectivity index (χ0v) is 10.5. The first kappa shape index (κ1) is 12.0. The van der Waals surface area contributed by atoms with Crippen LogP contribution in [0.2, 0.25) is 0 Å². The van der Waals surface area contributed by atoms with Crippen LogP contribution in [0, 0.1) is 0 Å². The van der Waals surface area contributed by atoms with E-state index in [9.17, 15) is 5.11 Å². The van der Waals surface area contributed by atoms with Gasteiger partial charge in [-0.25, -0.2) is 0 Å². The Kier molecular flexibility index (Phi) is 3.07. The monoisotopic (exact) mass is 252 g/mol. The van der Waals surface area contributed by atoms with Crippen LogP contribution >= 0.6 is 0 Å². The molecule has 1 heterocycles. The van der Waals surface area contributed by atoms with Crippen LogP contribution in [0.15, 0.2) is 60.8 Å². The topological polar surface area (TPSA) is 51.2 Å². The van der Waals surface area contributed by atoms with Crippen LogP contribution in [-0.2, 0) is 0 Å². The molecule has 0 radical (unpaired) electrons. The molecule has 1 unspecified atom stereocenters. The van der Waals surface area contributed by atoms with Gasteiger partial charge < -0.3 is 15.4 Å². The van der Waals surface area contributed by atoms with Gasteiger partial charge in [0.05, 0.1) is 11.6 Å². The number of rotatable bonds is 3. The molecule has 0 aliphatic carbocycles. The van der Waals surface area contributed by atoms with Crippen LogP contribution < -0.4 is 5.73 Å². The number of aliphatic hydroxyl groups is 1. The first-order chi connectivity index (χ1) is 9.31. The molecular weight excluding hydrogens is 236 g/mol. The summed E-state index contributed by atoms with van der Waals surface area (Å²) in [6.07, 6.45) is 1.34. The zero-order chi connectivity index (χ0) is 13.2. The second-order valence-electron chi connectivity index (χ2n) is 4.56. The molecule has 0 aliphatic heterocycles. The molecule has 3 N–H and O–H groups in total. The van der Waals surface area contributed by atoms with Crippen LogP contribution in [-0.4, -0.2) is 16.2 Å². The Morgan fingerprint density at radius 2 is 1.68 bits per heavy atom. The second kappa shape index (κ2) is 4.88. The molecule has 3 rings (SSSR count). The van der Waals surface area contributed by atoms with E-state index >= 15 is 0 Å². The number of aliphatic hydroxyl groups excluding tert-OH is 1. The Labute approximate surface area is 111 Å². The van der Waals surface area contributed by atoms with Crippen molar-refractivity contribution in [2.45, 2.75) is 6.10 Å². The summed E-state index contributed by atoms with van der Waals surface area (Å²) in [5, 5.41) is 11.1. The minimum absolute atomic E-state index is 0.225. The smallest absolute Gasteiger partial charge is 0.0932 e. The van der Waals surface area contributed by atoms with Crippen molar-refractivity contribution >= 4 is 10.9 Å². The van der Waals surface area contributed by atoms with Gasteiger partial charge in [-0.2, -0.15) is 0 Å². The van der Waals surface area contributed by atoms with Gasteiger partial charge in [-0.3, -0.25) is 0 Å². The van der Waals surface area contributed by atoms with Gasteiger partial charge in [0.25, 0.3) is 0 Å². The van der Waals surface area contributed by atoms with Crippen LogP contribution in [0.4, 0.5) is 0 Å². The van der Waals surface area contributed by atoms with Crippen molar-refractivity contribution in [1.29, 1.82) is 0 Å². The van der Waals surface area contributed by atoms with Gasteiger partial charge in [0.15, 0.2) is 0 Å². The van der Waals surface area contributed by atoms with E-state index in [-0.39, 0.29) is 6.54 Å². The van der Waals surface area contributed by atoms with E-state index in [4.69, 9.17) is 5.73 Å². The van der Waals surface area contributed by atoms with Crippen molar-refractivity contribution in [2.75, 3.05) is 6.54 Å². The first-order valence-corrected chi connectivity index (χ1v) is 6.35. The molecule has 1 aromatic heterocycles. The summed E-state index contributed by atoms with van der Waals surface area (Å²) in [4.78, 5) is 0. The van der Waals surface area contributed by atoms with E-state index < -0.39 is 6.10 Å². The third kappa shape index (κ3) is 2.03. The molecule has 0 aliphatic rings. The van der Waals surface area contributed by atoms with Crippen LogP contribution in [0.5, 0.6) is 0 Å². The normalized spacial score (nSPS) is 12.7. The predicted octanol–water partition coefficient (Wildman–Crippen LogP) is 2.62. The average Bonchev–Trinajstić information content (AvgIpc) is 2.87. The van der Waals surface area contributed by atoms with Crippen LogP contribution in [0.1, 0.15) is 11.7 Å². The van der Waals surface area contributed by atoms with Crippen molar-refractivity contribution in [3.8, 4) is 5.69 Å². The zero-order valence-electron chi connectivity index (χ0n) is 10.5. The van der Waals surface area contributed by atoms with E-state index in [0.717, 1.165) is 22.2 Å². The molecule has 19 heavy (non-hydrogen) atoms. The molecule has 2 aromatic carbocycles. The summed E-state index contributed by atoms with van der Waals surface area (Å²) in [6.45, 7) is 0.225. The molecule has 0 spiro atoms. The van der Waals surface area contributed by atoms with Crippen molar-refractivity contribution in [2.24, 2.45) is 5.73 Å². The Morgan fingerprint density at radius 3 is 2.42 bits per heavy atom. The minimum atomic E-state index is -0.630. The number of nitrogens with two attached hydrogens (primary N) is 1. The molecule has 0 saturated carbocycles. The molecule has 96 valence electrons. The van der Waals surface area contributed by atoms with Gasteiger partial charge in [-0.15, -0.1) is 0 Å². The fourth-order valence-corrected chi connectivity index (χ4v) is 2.40. The molecule has 3 nitrogen and oxygen atoms in total. The summed E-state index contributed by atoms with van der Waals surface area (Å²) in [5.74, 6) is 0. The van der Waals surface area contributed by atoms with Gasteiger partial charge in [-0.1, -0.05) is 36.4 Å². The Hall–Kier alpha value is -2.10. The molecule has 1 atom stereocenters. The number of hydrogen-bond donors (Lipinski definition) is 2. The van der Waals surface area contributed by atoms with E-state index in [0.29, 0.717) is 0 Å². The predicted molar refractivity (Wildman–Crippen MR) is 77.3 cm³/mol. The third-order valence-electron chi connectivity index (χ3n) is 3.36. The maximum Gasteiger partial charge on any atom is 0.0932 e. The standard InChI is InChI=1S/C16H16N2O/c17-10-16(19)14-11-18(12-6-2-1-3-7-12)15-9-5-4-8-13(14)15/h1-9,11,16,19H,10,17H2. The summed E-state index contributed by atoms with van der Waals surface area (Å²) < 4.78 is 2.09. The summed E-state index contributed by atoms with van der Waals surface area (Å²) in [7, 11) is 0. The first-order valence-electron chi connectivity index (χ1n) is 6.35. The lowest BCUT2D eigenvalue weighted by Gasteiger charge is -2.05. The Balaban J connectivity index is 2.26. The van der Waals surface area contributed by atoms with E-state index in [1.165, 1.54) is 0 Å². The minimum Gasteiger partial charge on any atom is -0.387 e. The number of nitrogens with zero attached hydrogens (tertiary/aromatic N) is 1. The lowest BCUT2D eigenvalue weighted by molar-refractivity contribution is 0.188. The van der Waals surface area contributed by atoms with Crippen LogP contribution in [0.3, 0.4) is 0 Å². The largest absolute Gasteiger partial charge is 0.387 e. The number of aromatic nitrogens is 1. The van der Waals surface area contributed by atoms with Gasteiger partial charge in [0, 0.05) is 29.4 Å². The Morgan fingerprint density at radius 1 is 1.00 bits per heavy atom. The highest BCUT2D eigenvalue weighted by atomic mass is 16.3. The molecule has 0 fully saturated rings. The lowest BCUT2D eigenvalue weighted by atomic mass is 10.1. The molecule has 0 bridgehead atoms. The summed E-state index contributed by atoms with van der Waals surface area (Å²) in [6, 6.07) is 18.1. The number of benzene rings is 2. The summed E-state index contributed by atoms with van der Waals surface area (Å²) in [5.41, 5.74) is 8.62. The quantitative estimate of drug-likeness (QED) is 0.753. The van der Waals surface area contributed by atoms with Crippen molar-refractivity contribution < 1.29 is 5.11 Å². The van der Waals surface area contributed by atoms with Crippen LogP contribution in [0.25, 0.3) is 16.6 Å². The second-order valence-corrected chi connectivity index (χ2v) is 4.56. The highest BCUT2D eigenvalue weighted by molar-refractivity contribution is 5.86. The SMILES string of the molecule is NCC(O)c1cn(-c2ccccc2)c2ccccc12. The maximum absolute atomic E-state index is 10.0. The van der Waals surface area contributed by atoms with Gasteiger partial charge in [0.2, 0.25) is 0 Å². The molecule has 3 aromatic rings. The molecule has 3 heteroatoms. The fraction of sp³-hybridized carbons (Fsp3) is 0.125. The summed E-state index contributed by atoms with van der Waals surface area (Å²) >= 11 is 0. The average molecular weight is 252 g/mol. The molecule has 0 amide bonds. The van der Waals surface area contributed by atoms with Gasteiger partial charge in [0.1, 0.15) is 0 Å². The van der Waals surface area contributed by atoms with E-state index in [2.05, 4.69) is 10.6 Å². The fourth-order valence-electron chi connectivity index (χ4n) is 2.40. The van der Waals surface area contributed by atoms with Gasteiger partial charge in [-0.05, 0) is 18.2 Å². The van der Waals surface area contributed by atoms with Gasteiger partial charge >= 0.3 is 0 Å². The van der Waals surface area contributed by atoms with Crippen molar-refractivity contribution in [1.82, 2.24) is 4.57 Å². The van der Waals surface area contributed by atoms with Crippen molar-refractivity contribution in [3.63, 3.8) is 0 Å². The maximum atomic E-state index is 10.0. The highest BCUT2D eigenvalue weighted by Gasteiger charge is 2.14.